The van der Waals surface area contributed by atoms with Crippen molar-refractivity contribution in [3.8, 4) is 5.75 Å². The van der Waals surface area contributed by atoms with Gasteiger partial charge in [-0.15, -0.1) is 0 Å². The van der Waals surface area contributed by atoms with Crippen molar-refractivity contribution in [2.75, 3.05) is 13.7 Å². The van der Waals surface area contributed by atoms with Crippen molar-refractivity contribution in [3.05, 3.63) is 83.2 Å². The highest BCUT2D eigenvalue weighted by Crippen LogP contribution is 2.24. The molecule has 6 nitrogen and oxygen atoms in total. The molecular weight excluding hydrogens is 373 g/mol. The van der Waals surface area contributed by atoms with Crippen molar-refractivity contribution in [3.63, 3.8) is 0 Å². The van der Waals surface area contributed by atoms with Gasteiger partial charge in [0.15, 0.2) is 0 Å². The van der Waals surface area contributed by atoms with Crippen LogP contribution in [-0.2, 0) is 18.4 Å². The molecule has 0 bridgehead atoms. The number of aryl methyl sites for hydroxylation is 1. The molecule has 1 amide bonds. The van der Waals surface area contributed by atoms with Crippen LogP contribution in [-0.4, -0.2) is 29.2 Å². The summed E-state index contributed by atoms with van der Waals surface area (Å²) in [5, 5.41) is 2.97. The van der Waals surface area contributed by atoms with E-state index >= 15 is 0 Å². The summed E-state index contributed by atoms with van der Waals surface area (Å²) in [5.41, 5.74) is 1.84. The van der Waals surface area contributed by atoms with Crippen LogP contribution >= 0.6 is 0 Å². The van der Waals surface area contributed by atoms with Gasteiger partial charge < -0.3 is 19.4 Å². The molecule has 0 fully saturated rings. The summed E-state index contributed by atoms with van der Waals surface area (Å²) < 4.78 is 26.4. The van der Waals surface area contributed by atoms with Gasteiger partial charge in [0, 0.05) is 37.2 Å². The Kier molecular flexibility index (Phi) is 6.61. The molecular formula is C22H24FN3O3. The maximum absolute atomic E-state index is 13.8. The van der Waals surface area contributed by atoms with Crippen LogP contribution < -0.4 is 10.1 Å². The Labute approximate surface area is 169 Å². The monoisotopic (exact) mass is 397 g/mol. The summed E-state index contributed by atoms with van der Waals surface area (Å²) in [7, 11) is 3.40. The van der Waals surface area contributed by atoms with E-state index in [0.29, 0.717) is 35.9 Å². The van der Waals surface area contributed by atoms with E-state index in [4.69, 9.17) is 9.47 Å². The molecule has 1 N–H and O–H groups in total. The van der Waals surface area contributed by atoms with E-state index in [1.807, 2.05) is 14.0 Å². The molecule has 0 aliphatic heterocycles. The van der Waals surface area contributed by atoms with Gasteiger partial charge in [-0.3, -0.25) is 4.79 Å². The third kappa shape index (κ3) is 4.81. The number of imidazole rings is 1. The van der Waals surface area contributed by atoms with Gasteiger partial charge in [-0.05, 0) is 42.8 Å². The van der Waals surface area contributed by atoms with Gasteiger partial charge in [0.2, 0.25) is 0 Å². The molecule has 0 saturated carbocycles. The number of hydrogen-bond donors (Lipinski definition) is 1. The van der Waals surface area contributed by atoms with Gasteiger partial charge in [0.1, 0.15) is 23.4 Å². The normalized spacial score (nSPS) is 11.9. The molecule has 3 rings (SSSR count). The predicted molar refractivity (Wildman–Crippen MR) is 107 cm³/mol. The number of benzene rings is 2. The van der Waals surface area contributed by atoms with E-state index in [9.17, 15) is 9.18 Å². The van der Waals surface area contributed by atoms with E-state index in [1.165, 1.54) is 12.1 Å². The van der Waals surface area contributed by atoms with Crippen LogP contribution in [0, 0.1) is 5.82 Å². The molecule has 1 heterocycles. The smallest absolute Gasteiger partial charge is 0.252 e. The van der Waals surface area contributed by atoms with Crippen molar-refractivity contribution in [1.29, 1.82) is 0 Å². The first-order valence-electron chi connectivity index (χ1n) is 9.31. The molecule has 7 heteroatoms. The van der Waals surface area contributed by atoms with Crippen molar-refractivity contribution in [2.24, 2.45) is 7.05 Å². The molecule has 0 saturated heterocycles. The van der Waals surface area contributed by atoms with E-state index in [-0.39, 0.29) is 11.7 Å². The number of rotatable bonds is 8. The fourth-order valence-corrected chi connectivity index (χ4v) is 3.10. The quantitative estimate of drug-likeness (QED) is 0.631. The first-order chi connectivity index (χ1) is 14.0. The van der Waals surface area contributed by atoms with Crippen LogP contribution in [0.1, 0.15) is 40.3 Å². The summed E-state index contributed by atoms with van der Waals surface area (Å²) >= 11 is 0. The molecule has 1 atom stereocenters. The lowest BCUT2D eigenvalue weighted by Gasteiger charge is -2.20. The van der Waals surface area contributed by atoms with Crippen LogP contribution in [0.4, 0.5) is 4.39 Å². The van der Waals surface area contributed by atoms with Crippen molar-refractivity contribution >= 4 is 5.91 Å². The summed E-state index contributed by atoms with van der Waals surface area (Å²) in [6, 6.07) is 10.7. The van der Waals surface area contributed by atoms with E-state index in [2.05, 4.69) is 10.3 Å². The largest absolute Gasteiger partial charge is 0.496 e. The van der Waals surface area contributed by atoms with Crippen LogP contribution in [0.2, 0.25) is 0 Å². The average Bonchev–Trinajstić information content (AvgIpc) is 3.15. The van der Waals surface area contributed by atoms with Crippen LogP contribution in [0.15, 0.2) is 54.9 Å². The molecule has 0 spiro atoms. The molecule has 152 valence electrons. The summed E-state index contributed by atoms with van der Waals surface area (Å²) in [4.78, 5) is 17.4. The number of aromatic nitrogens is 2. The first kappa shape index (κ1) is 20.5. The molecule has 29 heavy (non-hydrogen) atoms. The SMILES string of the molecule is CCOCc1cc(C(=O)NC(c2cccc(F)c2)c2nccn2C)ccc1OC. The second-order valence-corrected chi connectivity index (χ2v) is 6.52. The molecule has 3 aromatic rings. The van der Waals surface area contributed by atoms with Crippen molar-refractivity contribution < 1.29 is 18.7 Å². The minimum absolute atomic E-state index is 0.303. The number of methoxy groups -OCH3 is 1. The number of hydrogen-bond acceptors (Lipinski definition) is 4. The summed E-state index contributed by atoms with van der Waals surface area (Å²) in [6.07, 6.45) is 3.42. The summed E-state index contributed by atoms with van der Waals surface area (Å²) in [6.45, 7) is 2.80. The molecule has 0 aliphatic rings. The Morgan fingerprint density at radius 3 is 2.76 bits per heavy atom. The van der Waals surface area contributed by atoms with Crippen LogP contribution in [0.3, 0.4) is 0 Å². The Morgan fingerprint density at radius 2 is 2.10 bits per heavy atom. The lowest BCUT2D eigenvalue weighted by atomic mass is 10.0. The number of amides is 1. The number of carbonyl (C=O) groups excluding carboxylic acids is 1. The number of carbonyl (C=O) groups is 1. The summed E-state index contributed by atoms with van der Waals surface area (Å²) in [5.74, 6) is 0.579. The number of halogens is 1. The zero-order valence-electron chi connectivity index (χ0n) is 16.7. The second kappa shape index (κ2) is 9.34. The van der Waals surface area contributed by atoms with Gasteiger partial charge in [-0.1, -0.05) is 12.1 Å². The van der Waals surface area contributed by atoms with Crippen LogP contribution in [0.5, 0.6) is 5.75 Å². The molecule has 2 aromatic carbocycles. The topological polar surface area (TPSA) is 65.4 Å². The lowest BCUT2D eigenvalue weighted by Crippen LogP contribution is -2.31. The van der Waals surface area contributed by atoms with Gasteiger partial charge in [-0.2, -0.15) is 0 Å². The third-order valence-electron chi connectivity index (χ3n) is 4.58. The van der Waals surface area contributed by atoms with Gasteiger partial charge in [0.05, 0.1) is 13.7 Å². The highest BCUT2D eigenvalue weighted by atomic mass is 19.1. The van der Waals surface area contributed by atoms with E-state index in [0.717, 1.165) is 5.56 Å². The standard InChI is InChI=1S/C22H24FN3O3/c1-4-29-14-17-12-16(8-9-19(17)28-3)22(27)25-20(21-24-10-11-26(21)2)15-6-5-7-18(23)13-15/h5-13,20H,4,14H2,1-3H3,(H,25,27). The van der Waals surface area contributed by atoms with E-state index < -0.39 is 6.04 Å². The zero-order valence-corrected chi connectivity index (χ0v) is 16.7. The van der Waals surface area contributed by atoms with Crippen molar-refractivity contribution in [1.82, 2.24) is 14.9 Å². The number of nitrogens with one attached hydrogen (secondary N) is 1. The number of nitrogens with zero attached hydrogens (tertiary/aromatic N) is 2. The Bertz CT molecular complexity index is 987. The predicted octanol–water partition coefficient (Wildman–Crippen LogP) is 3.62. The highest BCUT2D eigenvalue weighted by Gasteiger charge is 2.22. The first-order valence-corrected chi connectivity index (χ1v) is 9.31. The molecule has 1 aromatic heterocycles. The van der Waals surface area contributed by atoms with Crippen LogP contribution in [0.25, 0.3) is 0 Å². The van der Waals surface area contributed by atoms with Crippen molar-refractivity contribution in [2.45, 2.75) is 19.6 Å². The Balaban J connectivity index is 1.92. The maximum atomic E-state index is 13.8. The van der Waals surface area contributed by atoms with Gasteiger partial charge in [-0.25, -0.2) is 9.37 Å². The minimum atomic E-state index is -0.601. The van der Waals surface area contributed by atoms with Gasteiger partial charge >= 0.3 is 0 Å². The minimum Gasteiger partial charge on any atom is -0.496 e. The highest BCUT2D eigenvalue weighted by molar-refractivity contribution is 5.95. The molecule has 0 aliphatic carbocycles. The lowest BCUT2D eigenvalue weighted by molar-refractivity contribution is 0.0940. The van der Waals surface area contributed by atoms with Gasteiger partial charge in [0.25, 0.3) is 5.91 Å². The zero-order chi connectivity index (χ0) is 20.8. The average molecular weight is 397 g/mol. The van der Waals surface area contributed by atoms with E-state index in [1.54, 1.807) is 54.4 Å². The fraction of sp³-hybridized carbons (Fsp3) is 0.273. The third-order valence-corrected chi connectivity index (χ3v) is 4.58. The second-order valence-electron chi connectivity index (χ2n) is 6.52. The fourth-order valence-electron chi connectivity index (χ4n) is 3.10. The molecule has 1 unspecified atom stereocenters. The Hall–Kier alpha value is -3.19. The number of ether oxygens (including phenoxy) is 2. The molecule has 0 radical (unpaired) electrons. The maximum Gasteiger partial charge on any atom is 0.252 e. The Morgan fingerprint density at radius 1 is 1.28 bits per heavy atom.